The summed E-state index contributed by atoms with van der Waals surface area (Å²) in [6.45, 7) is 2.65. The van der Waals surface area contributed by atoms with Gasteiger partial charge in [-0.2, -0.15) is 0 Å². The number of carbonyl (C=O) groups is 2. The van der Waals surface area contributed by atoms with Crippen molar-refractivity contribution in [2.45, 2.75) is 31.8 Å². The van der Waals surface area contributed by atoms with E-state index in [-0.39, 0.29) is 28.7 Å². The topological polar surface area (TPSA) is 87.7 Å². The molecule has 0 bridgehead atoms. The van der Waals surface area contributed by atoms with Gasteiger partial charge in [0, 0.05) is 24.7 Å². The van der Waals surface area contributed by atoms with Gasteiger partial charge in [-0.1, -0.05) is 13.0 Å². The lowest BCUT2D eigenvalue weighted by Crippen LogP contribution is -2.62. The number of pyridine rings is 1. The quantitative estimate of drug-likeness (QED) is 0.756. The SMILES string of the molecule is CC1(C(=O)N2CCN(C(=O)c3ccccn3)[C@@H]3CS(=O)(=O)C[C@@H]32)CC1. The van der Waals surface area contributed by atoms with Crippen LogP contribution in [0, 0.1) is 5.41 Å². The van der Waals surface area contributed by atoms with Crippen LogP contribution < -0.4 is 0 Å². The van der Waals surface area contributed by atoms with Crippen LogP contribution in [0.2, 0.25) is 0 Å². The number of amides is 2. The fourth-order valence-corrected chi connectivity index (χ4v) is 5.82. The van der Waals surface area contributed by atoms with E-state index in [4.69, 9.17) is 0 Å². The molecule has 4 rings (SSSR count). The molecule has 3 fully saturated rings. The molecule has 0 aromatic carbocycles. The zero-order valence-corrected chi connectivity index (χ0v) is 14.9. The summed E-state index contributed by atoms with van der Waals surface area (Å²) in [5.41, 5.74) is -0.0381. The van der Waals surface area contributed by atoms with Crippen molar-refractivity contribution in [3.8, 4) is 0 Å². The third-order valence-corrected chi connectivity index (χ3v) is 7.30. The van der Waals surface area contributed by atoms with E-state index in [9.17, 15) is 18.0 Å². The molecule has 0 radical (unpaired) electrons. The molecule has 7 nitrogen and oxygen atoms in total. The Labute approximate surface area is 146 Å². The minimum Gasteiger partial charge on any atom is -0.334 e. The van der Waals surface area contributed by atoms with E-state index in [1.165, 1.54) is 0 Å². The summed E-state index contributed by atoms with van der Waals surface area (Å²) in [5, 5.41) is 0. The summed E-state index contributed by atoms with van der Waals surface area (Å²) in [6.07, 6.45) is 3.25. The fourth-order valence-electron chi connectivity index (χ4n) is 3.84. The molecule has 2 atom stereocenters. The molecule has 1 aliphatic carbocycles. The van der Waals surface area contributed by atoms with E-state index in [0.717, 1.165) is 12.8 Å². The van der Waals surface area contributed by atoms with Crippen LogP contribution in [0.15, 0.2) is 24.4 Å². The van der Waals surface area contributed by atoms with Gasteiger partial charge in [0.25, 0.3) is 5.91 Å². The monoisotopic (exact) mass is 363 g/mol. The Kier molecular flexibility index (Phi) is 3.64. The third-order valence-electron chi connectivity index (χ3n) is 5.60. The molecule has 1 saturated carbocycles. The number of carbonyl (C=O) groups excluding carboxylic acids is 2. The summed E-state index contributed by atoms with van der Waals surface area (Å²) in [7, 11) is -3.28. The van der Waals surface area contributed by atoms with Crippen LogP contribution in [0.25, 0.3) is 0 Å². The minimum absolute atomic E-state index is 0.0320. The summed E-state index contributed by atoms with van der Waals surface area (Å²) in [6, 6.07) is 4.16. The van der Waals surface area contributed by atoms with E-state index in [2.05, 4.69) is 4.98 Å². The smallest absolute Gasteiger partial charge is 0.272 e. The van der Waals surface area contributed by atoms with E-state index < -0.39 is 21.9 Å². The average Bonchev–Trinajstić information content (AvgIpc) is 3.25. The van der Waals surface area contributed by atoms with Gasteiger partial charge in [-0.25, -0.2) is 8.42 Å². The number of nitrogens with zero attached hydrogens (tertiary/aromatic N) is 3. The Morgan fingerprint density at radius 2 is 1.76 bits per heavy atom. The van der Waals surface area contributed by atoms with Crippen LogP contribution in [0.5, 0.6) is 0 Å². The Hall–Kier alpha value is -1.96. The van der Waals surface area contributed by atoms with Crippen molar-refractivity contribution in [2.75, 3.05) is 24.6 Å². The highest BCUT2D eigenvalue weighted by molar-refractivity contribution is 7.91. The second-order valence-corrected chi connectivity index (χ2v) is 9.64. The molecule has 0 unspecified atom stereocenters. The number of hydrogen-bond donors (Lipinski definition) is 0. The lowest BCUT2D eigenvalue weighted by Gasteiger charge is -2.44. The van der Waals surface area contributed by atoms with Crippen LogP contribution in [-0.4, -0.2) is 71.7 Å². The highest BCUT2D eigenvalue weighted by Crippen LogP contribution is 2.47. The molecule has 2 saturated heterocycles. The number of sulfone groups is 1. The zero-order valence-electron chi connectivity index (χ0n) is 14.1. The van der Waals surface area contributed by atoms with Crippen molar-refractivity contribution in [3.05, 3.63) is 30.1 Å². The maximum atomic E-state index is 12.8. The maximum Gasteiger partial charge on any atom is 0.272 e. The van der Waals surface area contributed by atoms with Gasteiger partial charge in [-0.15, -0.1) is 0 Å². The van der Waals surface area contributed by atoms with Gasteiger partial charge in [0.1, 0.15) is 5.69 Å². The van der Waals surface area contributed by atoms with E-state index >= 15 is 0 Å². The molecular formula is C17H21N3O4S. The lowest BCUT2D eigenvalue weighted by atomic mass is 10.00. The maximum absolute atomic E-state index is 12.8. The van der Waals surface area contributed by atoms with Gasteiger partial charge in [-0.3, -0.25) is 14.6 Å². The van der Waals surface area contributed by atoms with Crippen molar-refractivity contribution in [2.24, 2.45) is 5.41 Å². The molecule has 1 aromatic heterocycles. The highest BCUT2D eigenvalue weighted by atomic mass is 32.2. The second kappa shape index (κ2) is 5.52. The number of hydrogen-bond acceptors (Lipinski definition) is 5. The van der Waals surface area contributed by atoms with Crippen molar-refractivity contribution in [1.29, 1.82) is 0 Å². The second-order valence-electron chi connectivity index (χ2n) is 7.48. The Balaban J connectivity index is 1.63. The van der Waals surface area contributed by atoms with Crippen molar-refractivity contribution >= 4 is 21.7 Å². The number of aromatic nitrogens is 1. The zero-order chi connectivity index (χ0) is 17.8. The van der Waals surface area contributed by atoms with Gasteiger partial charge in [-0.05, 0) is 25.0 Å². The molecule has 134 valence electrons. The molecule has 3 heterocycles. The molecule has 1 aromatic rings. The first-order valence-electron chi connectivity index (χ1n) is 8.54. The number of piperazine rings is 1. The minimum atomic E-state index is -3.28. The van der Waals surface area contributed by atoms with E-state index in [1.807, 2.05) is 6.92 Å². The first-order valence-corrected chi connectivity index (χ1v) is 10.4. The summed E-state index contributed by atoms with van der Waals surface area (Å²) >= 11 is 0. The lowest BCUT2D eigenvalue weighted by molar-refractivity contribution is -0.141. The molecule has 2 aliphatic heterocycles. The Morgan fingerprint density at radius 3 is 2.36 bits per heavy atom. The predicted molar refractivity (Wildman–Crippen MR) is 90.6 cm³/mol. The predicted octanol–water partition coefficient (Wildman–Crippen LogP) is 0.332. The molecular weight excluding hydrogens is 342 g/mol. The fraction of sp³-hybridized carbons (Fsp3) is 0.588. The molecule has 0 spiro atoms. The van der Waals surface area contributed by atoms with Crippen LogP contribution >= 0.6 is 0 Å². The molecule has 3 aliphatic rings. The van der Waals surface area contributed by atoms with E-state index in [1.54, 1.807) is 34.2 Å². The molecule has 0 N–H and O–H groups in total. The normalized spacial score (nSPS) is 29.2. The summed E-state index contributed by atoms with van der Waals surface area (Å²) < 4.78 is 24.5. The highest BCUT2D eigenvalue weighted by Gasteiger charge is 2.54. The van der Waals surface area contributed by atoms with Crippen LogP contribution in [0.3, 0.4) is 0 Å². The summed E-state index contributed by atoms with van der Waals surface area (Å²) in [4.78, 5) is 33.0. The van der Waals surface area contributed by atoms with Gasteiger partial charge >= 0.3 is 0 Å². The first kappa shape index (κ1) is 16.5. The van der Waals surface area contributed by atoms with Crippen molar-refractivity contribution in [3.63, 3.8) is 0 Å². The van der Waals surface area contributed by atoms with Gasteiger partial charge < -0.3 is 9.80 Å². The molecule has 2 amide bonds. The van der Waals surface area contributed by atoms with E-state index in [0.29, 0.717) is 18.8 Å². The van der Waals surface area contributed by atoms with Crippen LogP contribution in [0.1, 0.15) is 30.3 Å². The van der Waals surface area contributed by atoms with Crippen molar-refractivity contribution in [1.82, 2.24) is 14.8 Å². The Bertz CT molecular complexity index is 820. The number of fused-ring (bicyclic) bond motifs is 1. The van der Waals surface area contributed by atoms with Crippen molar-refractivity contribution < 1.29 is 18.0 Å². The van der Waals surface area contributed by atoms with Crippen LogP contribution in [-0.2, 0) is 14.6 Å². The first-order chi connectivity index (χ1) is 11.8. The standard InChI is InChI=1S/C17H21N3O4S/c1-17(5-6-17)16(22)20-9-8-19(13-10-25(23,24)11-14(13)20)15(21)12-4-2-3-7-18-12/h2-4,7,13-14H,5-6,8-11H2,1H3/t13-,14+/m1/s1. The molecule has 25 heavy (non-hydrogen) atoms. The number of rotatable bonds is 2. The third kappa shape index (κ3) is 2.82. The van der Waals surface area contributed by atoms with Crippen LogP contribution in [0.4, 0.5) is 0 Å². The Morgan fingerprint density at radius 1 is 1.12 bits per heavy atom. The van der Waals surface area contributed by atoms with Gasteiger partial charge in [0.15, 0.2) is 9.84 Å². The average molecular weight is 363 g/mol. The summed E-state index contributed by atoms with van der Waals surface area (Å²) in [5.74, 6) is -0.385. The van der Waals surface area contributed by atoms with Gasteiger partial charge in [0.05, 0.1) is 23.6 Å². The molecule has 8 heteroatoms. The largest absolute Gasteiger partial charge is 0.334 e. The van der Waals surface area contributed by atoms with Gasteiger partial charge in [0.2, 0.25) is 5.91 Å².